The molecule has 1 amide bonds. The first-order chi connectivity index (χ1) is 9.15. The molecule has 1 aromatic rings. The first-order valence-electron chi connectivity index (χ1n) is 7.17. The van der Waals surface area contributed by atoms with Crippen LogP contribution in [0.4, 0.5) is 0 Å². The third-order valence-electron chi connectivity index (χ3n) is 4.32. The third-order valence-corrected chi connectivity index (χ3v) is 4.32. The number of likely N-dealkylation sites (tertiary alicyclic amines) is 1. The summed E-state index contributed by atoms with van der Waals surface area (Å²) in [5, 5.41) is 7.82. The zero-order chi connectivity index (χ0) is 13.4. The van der Waals surface area contributed by atoms with Crippen molar-refractivity contribution in [2.75, 3.05) is 19.6 Å². The average Bonchev–Trinajstić information content (AvgIpc) is 2.78. The molecule has 2 aliphatic rings. The van der Waals surface area contributed by atoms with Gasteiger partial charge in [0.25, 0.3) is 0 Å². The van der Waals surface area contributed by atoms with Gasteiger partial charge in [-0.1, -0.05) is 6.92 Å². The molecule has 104 valence electrons. The normalized spacial score (nSPS) is 24.3. The number of amides is 1. The molecular weight excluding hydrogens is 240 g/mol. The average molecular weight is 262 g/mol. The molecule has 3 heterocycles. The summed E-state index contributed by atoms with van der Waals surface area (Å²) < 4.78 is 1.82. The molecule has 1 saturated heterocycles. The number of nitrogens with one attached hydrogen (secondary N) is 1. The summed E-state index contributed by atoms with van der Waals surface area (Å²) in [6.45, 7) is 5.61. The van der Waals surface area contributed by atoms with Crippen LogP contribution >= 0.6 is 0 Å². The maximum Gasteiger partial charge on any atom is 0.233 e. The highest BCUT2D eigenvalue weighted by molar-refractivity contribution is 5.84. The van der Waals surface area contributed by atoms with Crippen molar-refractivity contribution < 1.29 is 4.79 Å². The number of piperidine rings is 1. The number of hydrogen-bond acceptors (Lipinski definition) is 3. The molecule has 0 radical (unpaired) electrons. The lowest BCUT2D eigenvalue weighted by Crippen LogP contribution is -2.44. The van der Waals surface area contributed by atoms with Gasteiger partial charge in [-0.2, -0.15) is 5.10 Å². The van der Waals surface area contributed by atoms with E-state index in [9.17, 15) is 4.79 Å². The summed E-state index contributed by atoms with van der Waals surface area (Å²) >= 11 is 0. The Bertz CT molecular complexity index is 474. The molecule has 2 aliphatic heterocycles. The van der Waals surface area contributed by atoms with E-state index in [-0.39, 0.29) is 11.8 Å². The van der Waals surface area contributed by atoms with E-state index in [0.717, 1.165) is 56.2 Å². The Balaban J connectivity index is 1.77. The Morgan fingerprint density at radius 3 is 2.89 bits per heavy atom. The number of fused-ring (bicyclic) bond motifs is 1. The minimum Gasteiger partial charge on any atom is -0.342 e. The summed E-state index contributed by atoms with van der Waals surface area (Å²) in [7, 11) is 1.92. The largest absolute Gasteiger partial charge is 0.342 e. The van der Waals surface area contributed by atoms with Crippen molar-refractivity contribution in [3.63, 3.8) is 0 Å². The van der Waals surface area contributed by atoms with Gasteiger partial charge in [0.2, 0.25) is 5.91 Å². The van der Waals surface area contributed by atoms with Crippen LogP contribution in [-0.2, 0) is 18.4 Å². The summed E-state index contributed by atoms with van der Waals surface area (Å²) in [6.07, 6.45) is 4.27. The molecule has 19 heavy (non-hydrogen) atoms. The Kier molecular flexibility index (Phi) is 3.31. The van der Waals surface area contributed by atoms with E-state index in [1.807, 2.05) is 22.8 Å². The molecular formula is C14H22N4O. The van der Waals surface area contributed by atoms with E-state index in [0.29, 0.717) is 0 Å². The highest BCUT2D eigenvalue weighted by Gasteiger charge is 2.33. The van der Waals surface area contributed by atoms with Gasteiger partial charge in [0.15, 0.2) is 0 Å². The lowest BCUT2D eigenvalue weighted by atomic mass is 9.94. The Labute approximate surface area is 114 Å². The maximum atomic E-state index is 12.7. The quantitative estimate of drug-likeness (QED) is 0.817. The highest BCUT2D eigenvalue weighted by atomic mass is 16.2. The van der Waals surface area contributed by atoms with Gasteiger partial charge < -0.3 is 10.2 Å². The fraction of sp³-hybridized carbons (Fsp3) is 0.714. The lowest BCUT2D eigenvalue weighted by molar-refractivity contribution is -0.134. The molecule has 0 saturated carbocycles. The minimum absolute atomic E-state index is 0.0987. The second-order valence-electron chi connectivity index (χ2n) is 5.90. The van der Waals surface area contributed by atoms with E-state index in [1.165, 1.54) is 0 Å². The van der Waals surface area contributed by atoms with Crippen molar-refractivity contribution >= 4 is 5.91 Å². The van der Waals surface area contributed by atoms with Crippen LogP contribution in [-0.4, -0.2) is 40.2 Å². The van der Waals surface area contributed by atoms with Gasteiger partial charge in [-0.25, -0.2) is 0 Å². The van der Waals surface area contributed by atoms with Crippen LogP contribution in [0.3, 0.4) is 0 Å². The van der Waals surface area contributed by atoms with Crippen molar-refractivity contribution in [2.24, 2.45) is 13.0 Å². The van der Waals surface area contributed by atoms with Crippen LogP contribution in [0.5, 0.6) is 0 Å². The van der Waals surface area contributed by atoms with Crippen LogP contribution in [0, 0.1) is 5.92 Å². The van der Waals surface area contributed by atoms with Gasteiger partial charge in [0, 0.05) is 45.0 Å². The van der Waals surface area contributed by atoms with E-state index in [4.69, 9.17) is 0 Å². The fourth-order valence-corrected chi connectivity index (χ4v) is 3.09. The second-order valence-corrected chi connectivity index (χ2v) is 5.90. The van der Waals surface area contributed by atoms with Gasteiger partial charge >= 0.3 is 0 Å². The van der Waals surface area contributed by atoms with Crippen LogP contribution < -0.4 is 5.32 Å². The van der Waals surface area contributed by atoms with E-state index >= 15 is 0 Å². The van der Waals surface area contributed by atoms with Crippen molar-refractivity contribution in [1.82, 2.24) is 20.0 Å². The third kappa shape index (κ3) is 2.39. The van der Waals surface area contributed by atoms with Gasteiger partial charge in [-0.05, 0) is 18.8 Å². The molecule has 3 rings (SSSR count). The number of carbonyl (C=O) groups is 1. The molecule has 0 aliphatic carbocycles. The first-order valence-corrected chi connectivity index (χ1v) is 7.17. The molecule has 5 nitrogen and oxygen atoms in total. The molecule has 5 heteroatoms. The topological polar surface area (TPSA) is 50.2 Å². The van der Waals surface area contributed by atoms with Crippen LogP contribution in [0.1, 0.15) is 36.9 Å². The molecule has 1 fully saturated rings. The molecule has 0 bridgehead atoms. The highest BCUT2D eigenvalue weighted by Crippen LogP contribution is 2.26. The lowest BCUT2D eigenvalue weighted by Gasteiger charge is -2.34. The van der Waals surface area contributed by atoms with Gasteiger partial charge in [-0.15, -0.1) is 0 Å². The minimum atomic E-state index is -0.0987. The van der Waals surface area contributed by atoms with Crippen molar-refractivity contribution in [3.8, 4) is 0 Å². The van der Waals surface area contributed by atoms with Crippen LogP contribution in [0.2, 0.25) is 0 Å². The summed E-state index contributed by atoms with van der Waals surface area (Å²) in [5.74, 6) is 0.899. The van der Waals surface area contributed by atoms with Gasteiger partial charge in [0.05, 0.1) is 11.6 Å². The van der Waals surface area contributed by atoms with E-state index in [1.54, 1.807) is 0 Å². The number of aryl methyl sites for hydroxylation is 1. The molecule has 1 atom stereocenters. The van der Waals surface area contributed by atoms with E-state index in [2.05, 4.69) is 17.3 Å². The van der Waals surface area contributed by atoms with Gasteiger partial charge in [-0.3, -0.25) is 9.48 Å². The fourth-order valence-electron chi connectivity index (χ4n) is 3.09. The van der Waals surface area contributed by atoms with E-state index < -0.39 is 0 Å². The predicted octanol–water partition coefficient (Wildman–Crippen LogP) is 0.865. The monoisotopic (exact) mass is 262 g/mol. The zero-order valence-corrected chi connectivity index (χ0v) is 11.7. The maximum absolute atomic E-state index is 12.7. The molecule has 0 aromatic carbocycles. The van der Waals surface area contributed by atoms with Gasteiger partial charge in [0.1, 0.15) is 0 Å². The number of carbonyl (C=O) groups excluding carboxylic acids is 1. The molecule has 1 aromatic heterocycles. The second kappa shape index (κ2) is 4.96. The van der Waals surface area contributed by atoms with Crippen molar-refractivity contribution in [2.45, 2.75) is 32.2 Å². The van der Waals surface area contributed by atoms with Crippen molar-refractivity contribution in [1.29, 1.82) is 0 Å². The molecule has 0 unspecified atom stereocenters. The number of rotatable bonds is 1. The van der Waals surface area contributed by atoms with Crippen molar-refractivity contribution in [3.05, 3.63) is 17.5 Å². The number of hydrogen-bond donors (Lipinski definition) is 1. The summed E-state index contributed by atoms with van der Waals surface area (Å²) in [6, 6.07) is 0. The van der Waals surface area contributed by atoms with Crippen LogP contribution in [0.15, 0.2) is 6.20 Å². The standard InChI is InChI=1S/C14H22N4O/c1-10-3-5-18(6-4-10)14(19)12-8-15-7-11-9-17(2)16-13(11)12/h9-10,12,15H,3-8H2,1-2H3/t12-/m1/s1. The smallest absolute Gasteiger partial charge is 0.233 e. The summed E-state index contributed by atoms with van der Waals surface area (Å²) in [5.41, 5.74) is 2.14. The summed E-state index contributed by atoms with van der Waals surface area (Å²) in [4.78, 5) is 14.7. The first kappa shape index (κ1) is 12.7. The predicted molar refractivity (Wildman–Crippen MR) is 72.6 cm³/mol. The Morgan fingerprint density at radius 2 is 2.16 bits per heavy atom. The Hall–Kier alpha value is -1.36. The number of nitrogens with zero attached hydrogens (tertiary/aromatic N) is 3. The zero-order valence-electron chi connectivity index (χ0n) is 11.7. The molecule has 0 spiro atoms. The SMILES string of the molecule is CC1CCN(C(=O)[C@@H]2CNCc3cn(C)nc32)CC1. The number of aromatic nitrogens is 2. The van der Waals surface area contributed by atoms with Crippen LogP contribution in [0.25, 0.3) is 0 Å². The molecule has 1 N–H and O–H groups in total. The Morgan fingerprint density at radius 1 is 1.42 bits per heavy atom.